The molecule has 0 fully saturated rings. The molecule has 1 heterocycles. The molecular weight excluding hydrogens is 260 g/mol. The van der Waals surface area contributed by atoms with Gasteiger partial charge in [-0.2, -0.15) is 4.98 Å². The van der Waals surface area contributed by atoms with Gasteiger partial charge < -0.3 is 20.7 Å². The van der Waals surface area contributed by atoms with Crippen LogP contribution in [-0.4, -0.2) is 27.7 Å². The summed E-state index contributed by atoms with van der Waals surface area (Å²) in [6.07, 6.45) is 0.470. The molecule has 0 bridgehead atoms. The van der Waals surface area contributed by atoms with Crippen molar-refractivity contribution in [1.82, 2.24) is 15.5 Å². The summed E-state index contributed by atoms with van der Waals surface area (Å²) in [6, 6.07) is 6.17. The van der Waals surface area contributed by atoms with E-state index < -0.39 is 6.04 Å². The Morgan fingerprint density at radius 1 is 1.45 bits per heavy atom. The molecule has 1 aromatic heterocycles. The minimum Gasteiger partial charge on any atom is -0.508 e. The Kier molecular flexibility index (Phi) is 4.31. The summed E-state index contributed by atoms with van der Waals surface area (Å²) in [5.41, 5.74) is 6.89. The first-order chi connectivity index (χ1) is 9.60. The Morgan fingerprint density at radius 2 is 2.15 bits per heavy atom. The molecule has 1 aromatic carbocycles. The monoisotopic (exact) mass is 276 g/mol. The van der Waals surface area contributed by atoms with E-state index in [1.54, 1.807) is 31.2 Å². The van der Waals surface area contributed by atoms with Crippen molar-refractivity contribution in [1.29, 1.82) is 0 Å². The summed E-state index contributed by atoms with van der Waals surface area (Å²) in [7, 11) is 0. The van der Waals surface area contributed by atoms with Gasteiger partial charge in [0.05, 0.1) is 6.04 Å². The van der Waals surface area contributed by atoms with Crippen LogP contribution in [0.2, 0.25) is 0 Å². The molecular formula is C13H16N4O3. The highest BCUT2D eigenvalue weighted by Gasteiger charge is 2.18. The third-order valence-corrected chi connectivity index (χ3v) is 2.69. The van der Waals surface area contributed by atoms with Gasteiger partial charge in [-0.1, -0.05) is 17.3 Å². The molecule has 1 atom stereocenters. The van der Waals surface area contributed by atoms with Crippen LogP contribution >= 0.6 is 0 Å². The van der Waals surface area contributed by atoms with E-state index in [9.17, 15) is 9.90 Å². The van der Waals surface area contributed by atoms with Gasteiger partial charge in [-0.3, -0.25) is 4.79 Å². The third-order valence-electron chi connectivity index (χ3n) is 2.69. The predicted molar refractivity (Wildman–Crippen MR) is 71.0 cm³/mol. The molecule has 2 rings (SSSR count). The fourth-order valence-corrected chi connectivity index (χ4v) is 1.69. The summed E-state index contributed by atoms with van der Waals surface area (Å²) in [5, 5.41) is 15.4. The van der Waals surface area contributed by atoms with Crippen LogP contribution in [0.15, 0.2) is 28.8 Å². The smallest absolute Gasteiger partial charge is 0.292 e. The maximum absolute atomic E-state index is 11.5. The van der Waals surface area contributed by atoms with Gasteiger partial charge >= 0.3 is 0 Å². The molecule has 0 radical (unpaired) electrons. The Morgan fingerprint density at radius 3 is 2.80 bits per heavy atom. The SMILES string of the molecule is CCNC(=O)c1noc([C@@H](N)Cc2ccc(O)cc2)n1. The van der Waals surface area contributed by atoms with E-state index >= 15 is 0 Å². The van der Waals surface area contributed by atoms with Crippen molar-refractivity contribution in [2.45, 2.75) is 19.4 Å². The van der Waals surface area contributed by atoms with Crippen LogP contribution in [0.1, 0.15) is 35.0 Å². The number of benzene rings is 1. The molecule has 106 valence electrons. The van der Waals surface area contributed by atoms with Crippen LogP contribution in [0.4, 0.5) is 0 Å². The molecule has 20 heavy (non-hydrogen) atoms. The molecule has 7 nitrogen and oxygen atoms in total. The van der Waals surface area contributed by atoms with Crippen molar-refractivity contribution in [2.75, 3.05) is 6.54 Å². The molecule has 1 amide bonds. The second-order valence-corrected chi connectivity index (χ2v) is 4.29. The highest BCUT2D eigenvalue weighted by Crippen LogP contribution is 2.16. The largest absolute Gasteiger partial charge is 0.508 e. The van der Waals surface area contributed by atoms with E-state index in [2.05, 4.69) is 15.5 Å². The minimum atomic E-state index is -0.504. The maximum Gasteiger partial charge on any atom is 0.292 e. The number of phenols is 1. The first kappa shape index (κ1) is 14.0. The summed E-state index contributed by atoms with van der Waals surface area (Å²) < 4.78 is 4.99. The van der Waals surface area contributed by atoms with Crippen LogP contribution < -0.4 is 11.1 Å². The normalized spacial score (nSPS) is 12.1. The Bertz CT molecular complexity index is 580. The van der Waals surface area contributed by atoms with Crippen molar-refractivity contribution >= 4 is 5.91 Å². The summed E-state index contributed by atoms with van der Waals surface area (Å²) >= 11 is 0. The number of nitrogens with zero attached hydrogens (tertiary/aromatic N) is 2. The second kappa shape index (κ2) is 6.16. The number of phenolic OH excluding ortho intramolecular Hbond substituents is 1. The third kappa shape index (κ3) is 3.33. The van der Waals surface area contributed by atoms with E-state index in [0.29, 0.717) is 13.0 Å². The molecule has 0 unspecified atom stereocenters. The number of carbonyl (C=O) groups excluding carboxylic acids is 1. The topological polar surface area (TPSA) is 114 Å². The second-order valence-electron chi connectivity index (χ2n) is 4.29. The van der Waals surface area contributed by atoms with Gasteiger partial charge in [0, 0.05) is 6.54 Å². The van der Waals surface area contributed by atoms with Gasteiger partial charge in [-0.15, -0.1) is 0 Å². The lowest BCUT2D eigenvalue weighted by Gasteiger charge is -2.06. The van der Waals surface area contributed by atoms with Crippen molar-refractivity contribution in [3.05, 3.63) is 41.5 Å². The number of nitrogens with one attached hydrogen (secondary N) is 1. The first-order valence-electron chi connectivity index (χ1n) is 6.25. The minimum absolute atomic E-state index is 0.0250. The van der Waals surface area contributed by atoms with E-state index in [0.717, 1.165) is 5.56 Å². The van der Waals surface area contributed by atoms with E-state index in [-0.39, 0.29) is 23.4 Å². The molecule has 0 saturated carbocycles. The van der Waals surface area contributed by atoms with Gasteiger partial charge in [-0.05, 0) is 31.0 Å². The highest BCUT2D eigenvalue weighted by molar-refractivity contribution is 5.90. The average molecular weight is 276 g/mol. The Balaban J connectivity index is 2.04. The zero-order valence-corrected chi connectivity index (χ0v) is 11.0. The fourth-order valence-electron chi connectivity index (χ4n) is 1.69. The summed E-state index contributed by atoms with van der Waals surface area (Å²) in [6.45, 7) is 2.29. The maximum atomic E-state index is 11.5. The summed E-state index contributed by atoms with van der Waals surface area (Å²) in [4.78, 5) is 15.5. The number of nitrogens with two attached hydrogens (primary N) is 1. The lowest BCUT2D eigenvalue weighted by molar-refractivity contribution is 0.0942. The standard InChI is InChI=1S/C13H16N4O3/c1-2-15-12(19)11-16-13(20-17-11)10(14)7-8-3-5-9(18)6-4-8/h3-6,10,18H,2,7,14H2,1H3,(H,15,19)/t10-/m0/s1. The van der Waals surface area contributed by atoms with Crippen molar-refractivity contribution in [3.8, 4) is 5.75 Å². The predicted octanol–water partition coefficient (Wildman–Crippen LogP) is 0.767. The molecule has 0 saturated heterocycles. The summed E-state index contributed by atoms with van der Waals surface area (Å²) in [5.74, 6) is -0.0136. The number of amides is 1. The van der Waals surface area contributed by atoms with Gasteiger partial charge in [0.25, 0.3) is 11.7 Å². The number of hydrogen-bond acceptors (Lipinski definition) is 6. The van der Waals surface area contributed by atoms with Crippen molar-refractivity contribution in [3.63, 3.8) is 0 Å². The number of hydrogen-bond donors (Lipinski definition) is 3. The number of aromatic nitrogens is 2. The molecule has 0 aliphatic rings. The molecule has 2 aromatic rings. The van der Waals surface area contributed by atoms with E-state index in [1.807, 2.05) is 0 Å². The molecule has 0 spiro atoms. The fraction of sp³-hybridized carbons (Fsp3) is 0.308. The van der Waals surface area contributed by atoms with E-state index in [1.165, 1.54) is 0 Å². The lowest BCUT2D eigenvalue weighted by Crippen LogP contribution is -2.24. The Labute approximate surface area is 115 Å². The van der Waals surface area contributed by atoms with Gasteiger partial charge in [-0.25, -0.2) is 0 Å². The van der Waals surface area contributed by atoms with Crippen molar-refractivity contribution < 1.29 is 14.4 Å². The van der Waals surface area contributed by atoms with Crippen LogP contribution in [0.25, 0.3) is 0 Å². The van der Waals surface area contributed by atoms with E-state index in [4.69, 9.17) is 10.3 Å². The van der Waals surface area contributed by atoms with Crippen molar-refractivity contribution in [2.24, 2.45) is 5.73 Å². The van der Waals surface area contributed by atoms with Crippen LogP contribution in [0.5, 0.6) is 5.75 Å². The van der Waals surface area contributed by atoms with Gasteiger partial charge in [0.2, 0.25) is 5.89 Å². The molecule has 0 aliphatic heterocycles. The molecule has 4 N–H and O–H groups in total. The van der Waals surface area contributed by atoms with Gasteiger partial charge in [0.1, 0.15) is 5.75 Å². The number of carbonyl (C=O) groups is 1. The van der Waals surface area contributed by atoms with Gasteiger partial charge in [0.15, 0.2) is 0 Å². The van der Waals surface area contributed by atoms with Crippen LogP contribution in [0.3, 0.4) is 0 Å². The molecule has 0 aliphatic carbocycles. The first-order valence-corrected chi connectivity index (χ1v) is 6.25. The number of aromatic hydroxyl groups is 1. The zero-order chi connectivity index (χ0) is 14.5. The lowest BCUT2D eigenvalue weighted by atomic mass is 10.1. The van der Waals surface area contributed by atoms with Crippen LogP contribution in [0, 0.1) is 0 Å². The Hall–Kier alpha value is -2.41. The zero-order valence-electron chi connectivity index (χ0n) is 11.0. The average Bonchev–Trinajstić information content (AvgIpc) is 2.91. The quantitative estimate of drug-likeness (QED) is 0.743. The molecule has 7 heteroatoms. The number of rotatable bonds is 5. The van der Waals surface area contributed by atoms with Crippen LogP contribution in [-0.2, 0) is 6.42 Å². The highest BCUT2D eigenvalue weighted by atomic mass is 16.5.